The molecule has 1 saturated heterocycles. The SMILES string of the molecule is COC1OC(COC(C)=O)C(O)C(O)C1OC. The van der Waals surface area contributed by atoms with Crippen molar-refractivity contribution in [1.82, 2.24) is 0 Å². The summed E-state index contributed by atoms with van der Waals surface area (Å²) in [6, 6.07) is 0. The van der Waals surface area contributed by atoms with Gasteiger partial charge in [0.2, 0.25) is 0 Å². The van der Waals surface area contributed by atoms with Crippen molar-refractivity contribution in [1.29, 1.82) is 0 Å². The number of carbonyl (C=O) groups is 1. The summed E-state index contributed by atoms with van der Waals surface area (Å²) in [6.07, 6.45) is -4.82. The van der Waals surface area contributed by atoms with E-state index in [9.17, 15) is 15.0 Å². The molecule has 2 N–H and O–H groups in total. The molecule has 0 saturated carbocycles. The van der Waals surface area contributed by atoms with Crippen molar-refractivity contribution in [3.63, 3.8) is 0 Å². The lowest BCUT2D eigenvalue weighted by molar-refractivity contribution is -0.299. The molecule has 0 aliphatic carbocycles. The molecule has 0 bridgehead atoms. The van der Waals surface area contributed by atoms with Crippen LogP contribution in [0.2, 0.25) is 0 Å². The van der Waals surface area contributed by atoms with Gasteiger partial charge in [0.05, 0.1) is 0 Å². The van der Waals surface area contributed by atoms with Crippen molar-refractivity contribution < 1.29 is 34.0 Å². The number of ether oxygens (including phenoxy) is 4. The second kappa shape index (κ2) is 6.27. The van der Waals surface area contributed by atoms with E-state index in [2.05, 4.69) is 0 Å². The third-order valence-electron chi connectivity index (χ3n) is 2.60. The molecule has 0 aromatic heterocycles. The summed E-state index contributed by atoms with van der Waals surface area (Å²) in [4.78, 5) is 10.7. The fourth-order valence-corrected chi connectivity index (χ4v) is 1.68. The van der Waals surface area contributed by atoms with Crippen LogP contribution >= 0.6 is 0 Å². The normalized spacial score (nSPS) is 37.8. The maximum atomic E-state index is 10.7. The molecule has 5 unspecified atom stereocenters. The Bertz CT molecular complexity index is 255. The van der Waals surface area contributed by atoms with Gasteiger partial charge in [0.1, 0.15) is 31.0 Å². The highest BCUT2D eigenvalue weighted by atomic mass is 16.7. The van der Waals surface area contributed by atoms with Crippen molar-refractivity contribution in [2.24, 2.45) is 0 Å². The largest absolute Gasteiger partial charge is 0.463 e. The molecule has 0 spiro atoms. The zero-order valence-electron chi connectivity index (χ0n) is 10.0. The van der Waals surface area contributed by atoms with Crippen molar-refractivity contribution in [2.75, 3.05) is 20.8 Å². The molecular formula is C10H18O7. The fourth-order valence-electron chi connectivity index (χ4n) is 1.68. The Kier molecular flexibility index (Phi) is 5.29. The fraction of sp³-hybridized carbons (Fsp3) is 0.900. The minimum atomic E-state index is -1.20. The standard InChI is InChI=1S/C10H18O7/c1-5(11)16-4-6-7(12)8(13)9(14-2)10(15-3)17-6/h6-10,12-13H,4H2,1-3H3. The lowest BCUT2D eigenvalue weighted by Crippen LogP contribution is -2.59. The molecule has 5 atom stereocenters. The van der Waals surface area contributed by atoms with Gasteiger partial charge in [0, 0.05) is 21.1 Å². The quantitative estimate of drug-likeness (QED) is 0.596. The van der Waals surface area contributed by atoms with E-state index in [1.54, 1.807) is 0 Å². The molecule has 0 radical (unpaired) electrons. The van der Waals surface area contributed by atoms with Gasteiger partial charge in [-0.1, -0.05) is 0 Å². The first-order chi connectivity index (χ1) is 8.01. The van der Waals surface area contributed by atoms with Gasteiger partial charge in [-0.05, 0) is 0 Å². The van der Waals surface area contributed by atoms with Gasteiger partial charge in [-0.3, -0.25) is 4.79 Å². The second-order valence-corrected chi connectivity index (χ2v) is 3.76. The summed E-state index contributed by atoms with van der Waals surface area (Å²) < 4.78 is 20.0. The van der Waals surface area contributed by atoms with Gasteiger partial charge in [-0.15, -0.1) is 0 Å². The molecule has 0 aromatic rings. The molecule has 1 fully saturated rings. The van der Waals surface area contributed by atoms with Gasteiger partial charge in [-0.25, -0.2) is 0 Å². The average molecular weight is 250 g/mol. The molecule has 1 heterocycles. The zero-order valence-corrected chi connectivity index (χ0v) is 10.0. The predicted octanol–water partition coefficient (Wildman–Crippen LogP) is -1.34. The number of aliphatic hydroxyl groups excluding tert-OH is 2. The van der Waals surface area contributed by atoms with Crippen LogP contribution in [0.1, 0.15) is 6.92 Å². The van der Waals surface area contributed by atoms with Crippen LogP contribution in [0.4, 0.5) is 0 Å². The lowest BCUT2D eigenvalue weighted by atomic mass is 9.99. The van der Waals surface area contributed by atoms with Crippen LogP contribution in [-0.2, 0) is 23.7 Å². The van der Waals surface area contributed by atoms with Crippen molar-refractivity contribution in [3.05, 3.63) is 0 Å². The number of rotatable bonds is 4. The van der Waals surface area contributed by atoms with E-state index in [-0.39, 0.29) is 6.61 Å². The maximum absolute atomic E-state index is 10.7. The van der Waals surface area contributed by atoms with E-state index in [1.165, 1.54) is 21.1 Å². The molecule has 1 aliphatic rings. The van der Waals surface area contributed by atoms with Crippen LogP contribution < -0.4 is 0 Å². The molecule has 0 amide bonds. The molecule has 1 rings (SSSR count). The van der Waals surface area contributed by atoms with Crippen LogP contribution in [0.25, 0.3) is 0 Å². The molecule has 100 valence electrons. The van der Waals surface area contributed by atoms with Gasteiger partial charge in [0.15, 0.2) is 6.29 Å². The topological polar surface area (TPSA) is 94.5 Å². The van der Waals surface area contributed by atoms with E-state index in [0.717, 1.165) is 0 Å². The van der Waals surface area contributed by atoms with Crippen molar-refractivity contribution in [2.45, 2.75) is 37.6 Å². The molecule has 7 heteroatoms. The summed E-state index contributed by atoms with van der Waals surface area (Å²) in [5, 5.41) is 19.6. The first kappa shape index (κ1) is 14.3. The summed E-state index contributed by atoms with van der Waals surface area (Å²) >= 11 is 0. The average Bonchev–Trinajstić information content (AvgIpc) is 2.30. The van der Waals surface area contributed by atoms with Crippen molar-refractivity contribution in [3.8, 4) is 0 Å². The number of aliphatic hydroxyl groups is 2. The first-order valence-corrected chi connectivity index (χ1v) is 5.21. The molecule has 1 aliphatic heterocycles. The predicted molar refractivity (Wildman–Crippen MR) is 55.1 cm³/mol. The Labute approximate surface area is 99.2 Å². The Morgan fingerprint density at radius 3 is 2.35 bits per heavy atom. The minimum Gasteiger partial charge on any atom is -0.463 e. The van der Waals surface area contributed by atoms with Crippen LogP contribution in [0.5, 0.6) is 0 Å². The number of hydrogen-bond donors (Lipinski definition) is 2. The Morgan fingerprint density at radius 1 is 1.24 bits per heavy atom. The summed E-state index contributed by atoms with van der Waals surface area (Å²) in [7, 11) is 2.77. The maximum Gasteiger partial charge on any atom is 0.302 e. The summed E-state index contributed by atoms with van der Waals surface area (Å²) in [6.45, 7) is 1.10. The van der Waals surface area contributed by atoms with Crippen LogP contribution in [-0.4, -0.2) is 67.7 Å². The molecule has 0 aromatic carbocycles. The smallest absolute Gasteiger partial charge is 0.302 e. The first-order valence-electron chi connectivity index (χ1n) is 5.21. The Balaban J connectivity index is 2.65. The van der Waals surface area contributed by atoms with E-state index in [0.29, 0.717) is 0 Å². The van der Waals surface area contributed by atoms with E-state index < -0.39 is 36.7 Å². The van der Waals surface area contributed by atoms with Gasteiger partial charge in [0.25, 0.3) is 0 Å². The molecular weight excluding hydrogens is 232 g/mol. The number of esters is 1. The third-order valence-corrected chi connectivity index (χ3v) is 2.60. The second-order valence-electron chi connectivity index (χ2n) is 3.76. The lowest BCUT2D eigenvalue weighted by Gasteiger charge is -2.40. The highest BCUT2D eigenvalue weighted by Crippen LogP contribution is 2.23. The molecule has 7 nitrogen and oxygen atoms in total. The third kappa shape index (κ3) is 3.36. The Morgan fingerprint density at radius 2 is 1.88 bits per heavy atom. The number of carbonyl (C=O) groups excluding carboxylic acids is 1. The summed E-state index contributed by atoms with van der Waals surface area (Å²) in [5.74, 6) is -0.488. The van der Waals surface area contributed by atoms with Crippen LogP contribution in [0, 0.1) is 0 Å². The monoisotopic (exact) mass is 250 g/mol. The van der Waals surface area contributed by atoms with Gasteiger partial charge in [-0.2, -0.15) is 0 Å². The zero-order chi connectivity index (χ0) is 13.0. The molecule has 17 heavy (non-hydrogen) atoms. The van der Waals surface area contributed by atoms with Crippen LogP contribution in [0.3, 0.4) is 0 Å². The highest BCUT2D eigenvalue weighted by Gasteiger charge is 2.45. The minimum absolute atomic E-state index is 0.149. The van der Waals surface area contributed by atoms with Crippen molar-refractivity contribution >= 4 is 5.97 Å². The van der Waals surface area contributed by atoms with Gasteiger partial charge < -0.3 is 29.2 Å². The number of methoxy groups -OCH3 is 2. The van der Waals surface area contributed by atoms with Crippen LogP contribution in [0.15, 0.2) is 0 Å². The Hall–Kier alpha value is -0.730. The number of hydrogen-bond acceptors (Lipinski definition) is 7. The van der Waals surface area contributed by atoms with E-state index in [4.69, 9.17) is 18.9 Å². The van der Waals surface area contributed by atoms with Gasteiger partial charge >= 0.3 is 5.97 Å². The van der Waals surface area contributed by atoms with E-state index in [1.807, 2.05) is 0 Å². The highest BCUT2D eigenvalue weighted by molar-refractivity contribution is 5.65. The van der Waals surface area contributed by atoms with E-state index >= 15 is 0 Å². The summed E-state index contributed by atoms with van der Waals surface area (Å²) in [5.41, 5.74) is 0.